The lowest BCUT2D eigenvalue weighted by atomic mass is 9.72. The molecule has 3 aromatic rings. The first-order valence-corrected chi connectivity index (χ1v) is 10.3. The minimum atomic E-state index is -0.315. The van der Waals surface area contributed by atoms with Crippen molar-refractivity contribution in [3.8, 4) is 5.75 Å². The van der Waals surface area contributed by atoms with Crippen molar-refractivity contribution in [3.63, 3.8) is 0 Å². The molecule has 1 heterocycles. The third-order valence-corrected chi connectivity index (χ3v) is 6.30. The highest BCUT2D eigenvalue weighted by molar-refractivity contribution is 5.39. The SMILES string of the molecule is COc1cccc(C2N(CCc3ccccc3)CCC2(CO)c2ccccc2)c1. The van der Waals surface area contributed by atoms with Gasteiger partial charge >= 0.3 is 0 Å². The third kappa shape index (κ3) is 3.93. The van der Waals surface area contributed by atoms with Gasteiger partial charge in [0.05, 0.1) is 13.7 Å². The van der Waals surface area contributed by atoms with Crippen LogP contribution in [0.15, 0.2) is 84.9 Å². The topological polar surface area (TPSA) is 32.7 Å². The predicted molar refractivity (Wildman–Crippen MR) is 117 cm³/mol. The number of ether oxygens (including phenoxy) is 1. The van der Waals surface area contributed by atoms with Gasteiger partial charge in [-0.1, -0.05) is 72.8 Å². The summed E-state index contributed by atoms with van der Waals surface area (Å²) < 4.78 is 5.51. The van der Waals surface area contributed by atoms with Crippen molar-refractivity contribution in [1.82, 2.24) is 4.90 Å². The molecule has 1 saturated heterocycles. The molecule has 3 aromatic carbocycles. The summed E-state index contributed by atoms with van der Waals surface area (Å²) >= 11 is 0. The molecule has 0 aromatic heterocycles. The van der Waals surface area contributed by atoms with Gasteiger partial charge in [0.25, 0.3) is 0 Å². The van der Waals surface area contributed by atoms with Crippen LogP contribution in [0.2, 0.25) is 0 Å². The minimum Gasteiger partial charge on any atom is -0.497 e. The van der Waals surface area contributed by atoms with E-state index in [4.69, 9.17) is 4.74 Å². The van der Waals surface area contributed by atoms with E-state index in [1.54, 1.807) is 7.11 Å². The van der Waals surface area contributed by atoms with E-state index in [2.05, 4.69) is 77.7 Å². The Hall–Kier alpha value is -2.62. The lowest BCUT2D eigenvalue weighted by Gasteiger charge is -2.38. The molecule has 0 amide bonds. The Labute approximate surface area is 173 Å². The second-order valence-corrected chi connectivity index (χ2v) is 7.88. The Kier molecular flexibility index (Phi) is 5.98. The number of methoxy groups -OCH3 is 1. The molecule has 29 heavy (non-hydrogen) atoms. The molecule has 150 valence electrons. The minimum absolute atomic E-state index is 0.105. The van der Waals surface area contributed by atoms with Crippen LogP contribution in [0.4, 0.5) is 0 Å². The van der Waals surface area contributed by atoms with E-state index in [-0.39, 0.29) is 18.1 Å². The highest BCUT2D eigenvalue weighted by Crippen LogP contribution is 2.49. The first-order valence-electron chi connectivity index (χ1n) is 10.3. The van der Waals surface area contributed by atoms with Crippen molar-refractivity contribution < 1.29 is 9.84 Å². The first-order chi connectivity index (χ1) is 14.3. The van der Waals surface area contributed by atoms with Crippen molar-refractivity contribution >= 4 is 0 Å². The second kappa shape index (κ2) is 8.81. The number of hydrogen-bond donors (Lipinski definition) is 1. The summed E-state index contributed by atoms with van der Waals surface area (Å²) in [4.78, 5) is 2.53. The van der Waals surface area contributed by atoms with Gasteiger partial charge in [0.1, 0.15) is 5.75 Å². The highest BCUT2D eigenvalue weighted by atomic mass is 16.5. The number of aliphatic hydroxyl groups excluding tert-OH is 1. The van der Waals surface area contributed by atoms with Crippen molar-refractivity contribution in [3.05, 3.63) is 102 Å². The van der Waals surface area contributed by atoms with E-state index in [1.807, 2.05) is 12.1 Å². The Bertz CT molecular complexity index is 912. The van der Waals surface area contributed by atoms with Crippen molar-refractivity contribution in [2.45, 2.75) is 24.3 Å². The summed E-state index contributed by atoms with van der Waals surface area (Å²) in [5, 5.41) is 10.7. The molecule has 2 unspecified atom stereocenters. The number of nitrogens with zero attached hydrogens (tertiary/aromatic N) is 1. The molecule has 2 atom stereocenters. The van der Waals surface area contributed by atoms with Gasteiger partial charge in [-0.15, -0.1) is 0 Å². The van der Waals surface area contributed by atoms with Gasteiger partial charge in [0.15, 0.2) is 0 Å². The van der Waals surface area contributed by atoms with Crippen molar-refractivity contribution in [2.75, 3.05) is 26.8 Å². The maximum absolute atomic E-state index is 10.7. The molecule has 1 aliphatic heterocycles. The standard InChI is InChI=1S/C26H29NO2/c1-29-24-14-8-11-22(19-24)25-26(20-28,23-12-6-3-7-13-23)16-18-27(25)17-15-21-9-4-2-5-10-21/h2-14,19,25,28H,15-18,20H2,1H3. The Morgan fingerprint density at radius 1 is 0.966 bits per heavy atom. The Morgan fingerprint density at radius 3 is 2.38 bits per heavy atom. The van der Waals surface area contributed by atoms with Crippen LogP contribution in [-0.4, -0.2) is 36.8 Å². The summed E-state index contributed by atoms with van der Waals surface area (Å²) in [6, 6.07) is 29.6. The fourth-order valence-electron chi connectivity index (χ4n) is 4.79. The zero-order valence-corrected chi connectivity index (χ0v) is 17.0. The second-order valence-electron chi connectivity index (χ2n) is 7.88. The van der Waals surface area contributed by atoms with E-state index < -0.39 is 0 Å². The van der Waals surface area contributed by atoms with Gasteiger partial charge in [-0.2, -0.15) is 0 Å². The van der Waals surface area contributed by atoms with Crippen molar-refractivity contribution in [1.29, 1.82) is 0 Å². The van der Waals surface area contributed by atoms with Crippen LogP contribution in [0.1, 0.15) is 29.2 Å². The smallest absolute Gasteiger partial charge is 0.119 e. The molecule has 0 spiro atoms. The normalized spacial score (nSPS) is 21.9. The largest absolute Gasteiger partial charge is 0.497 e. The highest BCUT2D eigenvalue weighted by Gasteiger charge is 2.48. The van der Waals surface area contributed by atoms with Gasteiger partial charge < -0.3 is 9.84 Å². The van der Waals surface area contributed by atoms with Gasteiger partial charge in [-0.05, 0) is 48.2 Å². The van der Waals surface area contributed by atoms with E-state index in [0.717, 1.165) is 31.7 Å². The number of rotatable bonds is 7. The molecule has 3 nitrogen and oxygen atoms in total. The maximum atomic E-state index is 10.7. The molecule has 4 rings (SSSR count). The summed E-state index contributed by atoms with van der Waals surface area (Å²) in [5.74, 6) is 0.859. The van der Waals surface area contributed by atoms with E-state index >= 15 is 0 Å². The third-order valence-electron chi connectivity index (χ3n) is 6.30. The molecule has 0 saturated carbocycles. The summed E-state index contributed by atoms with van der Waals surface area (Å²) in [6.07, 6.45) is 1.93. The lowest BCUT2D eigenvalue weighted by molar-refractivity contribution is 0.136. The number of benzene rings is 3. The number of hydrogen-bond acceptors (Lipinski definition) is 3. The molecule has 1 fully saturated rings. The van der Waals surface area contributed by atoms with Crippen LogP contribution in [0, 0.1) is 0 Å². The average molecular weight is 388 g/mol. The maximum Gasteiger partial charge on any atom is 0.119 e. The van der Waals surface area contributed by atoms with Crippen LogP contribution >= 0.6 is 0 Å². The molecule has 0 radical (unpaired) electrons. The van der Waals surface area contributed by atoms with Gasteiger partial charge in [-0.3, -0.25) is 4.90 Å². The van der Waals surface area contributed by atoms with Crippen LogP contribution in [0.3, 0.4) is 0 Å². The molecule has 0 bridgehead atoms. The van der Waals surface area contributed by atoms with Crippen LogP contribution in [0.25, 0.3) is 0 Å². The predicted octanol–water partition coefficient (Wildman–Crippen LogP) is 4.62. The molecular formula is C26H29NO2. The number of aliphatic hydroxyl groups is 1. The molecule has 1 N–H and O–H groups in total. The lowest BCUT2D eigenvalue weighted by Crippen LogP contribution is -2.39. The average Bonchev–Trinajstić information content (AvgIpc) is 3.18. The van der Waals surface area contributed by atoms with E-state index in [9.17, 15) is 5.11 Å². The zero-order valence-electron chi connectivity index (χ0n) is 17.0. The summed E-state index contributed by atoms with van der Waals surface area (Å²) in [5.41, 5.74) is 3.44. The van der Waals surface area contributed by atoms with Crippen molar-refractivity contribution in [2.24, 2.45) is 0 Å². The molecule has 0 aliphatic carbocycles. The molecule has 3 heteroatoms. The Balaban J connectivity index is 1.71. The van der Waals surface area contributed by atoms with E-state index in [0.29, 0.717) is 0 Å². The number of likely N-dealkylation sites (tertiary alicyclic amines) is 1. The van der Waals surface area contributed by atoms with Crippen LogP contribution < -0.4 is 4.74 Å². The van der Waals surface area contributed by atoms with Gasteiger partial charge in [-0.25, -0.2) is 0 Å². The zero-order chi connectivity index (χ0) is 20.1. The monoisotopic (exact) mass is 387 g/mol. The molecular weight excluding hydrogens is 358 g/mol. The fraction of sp³-hybridized carbons (Fsp3) is 0.308. The van der Waals surface area contributed by atoms with E-state index in [1.165, 1.54) is 16.7 Å². The summed E-state index contributed by atoms with van der Waals surface area (Å²) in [6.45, 7) is 2.05. The van der Waals surface area contributed by atoms with Crippen LogP contribution in [0.5, 0.6) is 5.75 Å². The van der Waals surface area contributed by atoms with Crippen LogP contribution in [-0.2, 0) is 11.8 Å². The Morgan fingerprint density at radius 2 is 1.69 bits per heavy atom. The van der Waals surface area contributed by atoms with Gasteiger partial charge in [0, 0.05) is 18.0 Å². The molecule has 1 aliphatic rings. The quantitative estimate of drug-likeness (QED) is 0.642. The fourth-order valence-corrected chi connectivity index (χ4v) is 4.79. The summed E-state index contributed by atoms with van der Waals surface area (Å²) in [7, 11) is 1.71. The first kappa shape index (κ1) is 19.7. The van der Waals surface area contributed by atoms with Gasteiger partial charge in [0.2, 0.25) is 0 Å².